The Balaban J connectivity index is 2.87. The highest BCUT2D eigenvalue weighted by Gasteiger charge is 2.05. The van der Waals surface area contributed by atoms with E-state index in [2.05, 4.69) is 4.98 Å². The molecule has 1 aromatic heterocycles. The second-order valence-electron chi connectivity index (χ2n) is 3.53. The average Bonchev–Trinajstić information content (AvgIpc) is 2.29. The minimum absolute atomic E-state index is 0.111. The fourth-order valence-electron chi connectivity index (χ4n) is 1.67. The van der Waals surface area contributed by atoms with Crippen molar-refractivity contribution < 1.29 is 4.74 Å². The summed E-state index contributed by atoms with van der Waals surface area (Å²) in [5.74, 6) is 0.709. The molecule has 1 heterocycles. The molecule has 16 heavy (non-hydrogen) atoms. The first kappa shape index (κ1) is 10.2. The summed E-state index contributed by atoms with van der Waals surface area (Å²) in [5.41, 5.74) is 1.41. The Bertz CT molecular complexity index is 650. The molecule has 0 amide bonds. The number of aryl methyl sites for hydroxylation is 1. The van der Waals surface area contributed by atoms with E-state index in [-0.39, 0.29) is 11.1 Å². The second-order valence-corrected chi connectivity index (χ2v) is 3.53. The van der Waals surface area contributed by atoms with Crippen molar-refractivity contribution in [2.24, 2.45) is 0 Å². The molecule has 2 rings (SSSR count). The van der Waals surface area contributed by atoms with Gasteiger partial charge in [0, 0.05) is 5.39 Å². The molecule has 0 aliphatic carbocycles. The lowest BCUT2D eigenvalue weighted by atomic mass is 10.1. The van der Waals surface area contributed by atoms with Crippen LogP contribution in [0.2, 0.25) is 0 Å². The summed E-state index contributed by atoms with van der Waals surface area (Å²) in [7, 11) is 1.58. The summed E-state index contributed by atoms with van der Waals surface area (Å²) in [6.07, 6.45) is 0. The Labute approximate surface area is 92.1 Å². The zero-order valence-corrected chi connectivity index (χ0v) is 9.00. The Morgan fingerprint density at radius 2 is 2.12 bits per heavy atom. The Morgan fingerprint density at radius 1 is 1.38 bits per heavy atom. The molecule has 0 unspecified atom stereocenters. The molecular formula is C12H10N2O2. The number of fused-ring (bicyclic) bond motifs is 1. The summed E-state index contributed by atoms with van der Waals surface area (Å²) in [5, 5.41) is 9.57. The van der Waals surface area contributed by atoms with E-state index in [0.29, 0.717) is 5.75 Å². The van der Waals surface area contributed by atoms with E-state index in [4.69, 9.17) is 10.00 Å². The monoisotopic (exact) mass is 214 g/mol. The summed E-state index contributed by atoms with van der Waals surface area (Å²) >= 11 is 0. The quantitative estimate of drug-likeness (QED) is 0.785. The van der Waals surface area contributed by atoms with Crippen LogP contribution in [0, 0.1) is 18.3 Å². The third-order valence-electron chi connectivity index (χ3n) is 2.48. The number of aromatic nitrogens is 1. The van der Waals surface area contributed by atoms with Gasteiger partial charge in [0.1, 0.15) is 17.4 Å². The maximum atomic E-state index is 11.5. The van der Waals surface area contributed by atoms with Gasteiger partial charge < -0.3 is 9.72 Å². The van der Waals surface area contributed by atoms with Crippen molar-refractivity contribution in [2.45, 2.75) is 6.92 Å². The SMILES string of the molecule is COc1cc(C)c2[nH]c(=O)c(C#N)cc2c1. The minimum atomic E-state index is -0.358. The molecule has 0 saturated heterocycles. The number of methoxy groups -OCH3 is 1. The number of nitrogens with one attached hydrogen (secondary N) is 1. The van der Waals surface area contributed by atoms with E-state index >= 15 is 0 Å². The van der Waals surface area contributed by atoms with Crippen molar-refractivity contribution in [3.63, 3.8) is 0 Å². The number of hydrogen-bond acceptors (Lipinski definition) is 3. The Kier molecular flexibility index (Phi) is 2.37. The number of ether oxygens (including phenoxy) is 1. The summed E-state index contributed by atoms with van der Waals surface area (Å²) in [6, 6.07) is 7.06. The molecule has 4 nitrogen and oxygen atoms in total. The van der Waals surface area contributed by atoms with Crippen molar-refractivity contribution in [3.8, 4) is 11.8 Å². The van der Waals surface area contributed by atoms with E-state index in [9.17, 15) is 4.79 Å². The zero-order chi connectivity index (χ0) is 11.7. The number of nitriles is 1. The molecule has 0 bridgehead atoms. The minimum Gasteiger partial charge on any atom is -0.497 e. The Hall–Kier alpha value is -2.28. The fourth-order valence-corrected chi connectivity index (χ4v) is 1.67. The smallest absolute Gasteiger partial charge is 0.266 e. The van der Waals surface area contributed by atoms with E-state index < -0.39 is 0 Å². The first-order chi connectivity index (χ1) is 7.65. The molecule has 2 aromatic rings. The number of benzene rings is 1. The van der Waals surface area contributed by atoms with Gasteiger partial charge in [0.2, 0.25) is 0 Å². The average molecular weight is 214 g/mol. The predicted octanol–water partition coefficient (Wildman–Crippen LogP) is 1.72. The Morgan fingerprint density at radius 3 is 2.75 bits per heavy atom. The summed E-state index contributed by atoms with van der Waals surface area (Å²) in [6.45, 7) is 1.88. The maximum Gasteiger partial charge on any atom is 0.266 e. The number of aromatic amines is 1. The van der Waals surface area contributed by atoms with Crippen molar-refractivity contribution in [1.29, 1.82) is 5.26 Å². The van der Waals surface area contributed by atoms with Crippen LogP contribution in [0.15, 0.2) is 23.0 Å². The third kappa shape index (κ3) is 1.52. The molecule has 0 fully saturated rings. The van der Waals surface area contributed by atoms with Crippen LogP contribution in [0.5, 0.6) is 5.75 Å². The van der Waals surface area contributed by atoms with Crippen LogP contribution in [0.25, 0.3) is 10.9 Å². The van der Waals surface area contributed by atoms with E-state index in [1.54, 1.807) is 19.2 Å². The summed E-state index contributed by atoms with van der Waals surface area (Å²) < 4.78 is 5.13. The number of nitrogens with zero attached hydrogens (tertiary/aromatic N) is 1. The van der Waals surface area contributed by atoms with Crippen LogP contribution in [0.4, 0.5) is 0 Å². The zero-order valence-electron chi connectivity index (χ0n) is 9.00. The van der Waals surface area contributed by atoms with E-state index in [1.807, 2.05) is 19.1 Å². The first-order valence-corrected chi connectivity index (χ1v) is 4.77. The first-order valence-electron chi connectivity index (χ1n) is 4.77. The topological polar surface area (TPSA) is 65.9 Å². The molecule has 0 saturated carbocycles. The van der Waals surface area contributed by atoms with Crippen LogP contribution in [-0.2, 0) is 0 Å². The van der Waals surface area contributed by atoms with Gasteiger partial charge in [-0.25, -0.2) is 0 Å². The molecule has 0 aliphatic rings. The van der Waals surface area contributed by atoms with Gasteiger partial charge in [-0.05, 0) is 30.7 Å². The molecule has 80 valence electrons. The van der Waals surface area contributed by atoms with Gasteiger partial charge in [0.25, 0.3) is 5.56 Å². The summed E-state index contributed by atoms with van der Waals surface area (Å²) in [4.78, 5) is 14.2. The number of pyridine rings is 1. The maximum absolute atomic E-state index is 11.5. The lowest BCUT2D eigenvalue weighted by molar-refractivity contribution is 0.415. The molecule has 1 N–H and O–H groups in total. The highest BCUT2D eigenvalue weighted by atomic mass is 16.5. The molecule has 1 aromatic carbocycles. The number of H-pyrrole nitrogens is 1. The highest BCUT2D eigenvalue weighted by Crippen LogP contribution is 2.22. The van der Waals surface area contributed by atoms with Crippen LogP contribution in [-0.4, -0.2) is 12.1 Å². The van der Waals surface area contributed by atoms with Gasteiger partial charge in [-0.15, -0.1) is 0 Å². The largest absolute Gasteiger partial charge is 0.497 e. The van der Waals surface area contributed by atoms with E-state index in [0.717, 1.165) is 16.5 Å². The fraction of sp³-hybridized carbons (Fsp3) is 0.167. The molecule has 4 heteroatoms. The van der Waals surface area contributed by atoms with Gasteiger partial charge in [0.05, 0.1) is 12.6 Å². The van der Waals surface area contributed by atoms with Crippen molar-refractivity contribution in [1.82, 2.24) is 4.98 Å². The third-order valence-corrected chi connectivity index (χ3v) is 2.48. The van der Waals surface area contributed by atoms with Crippen LogP contribution in [0.1, 0.15) is 11.1 Å². The van der Waals surface area contributed by atoms with Crippen LogP contribution >= 0.6 is 0 Å². The van der Waals surface area contributed by atoms with Gasteiger partial charge in [0.15, 0.2) is 0 Å². The molecule has 0 spiro atoms. The molecule has 0 aliphatic heterocycles. The molecule has 0 radical (unpaired) electrons. The molecular weight excluding hydrogens is 204 g/mol. The van der Waals surface area contributed by atoms with Gasteiger partial charge in [-0.3, -0.25) is 4.79 Å². The second kappa shape index (κ2) is 3.70. The molecule has 0 atom stereocenters. The number of hydrogen-bond donors (Lipinski definition) is 1. The predicted molar refractivity (Wildman–Crippen MR) is 60.6 cm³/mol. The van der Waals surface area contributed by atoms with Crippen molar-refractivity contribution in [3.05, 3.63) is 39.7 Å². The van der Waals surface area contributed by atoms with E-state index in [1.165, 1.54) is 0 Å². The normalized spacial score (nSPS) is 10.1. The van der Waals surface area contributed by atoms with Crippen LogP contribution < -0.4 is 10.3 Å². The standard InChI is InChI=1S/C12H10N2O2/c1-7-3-10(16-2)5-8-4-9(6-13)12(15)14-11(7)8/h3-5H,1-2H3,(H,14,15). The van der Waals surface area contributed by atoms with Crippen LogP contribution in [0.3, 0.4) is 0 Å². The van der Waals surface area contributed by atoms with Crippen molar-refractivity contribution >= 4 is 10.9 Å². The number of rotatable bonds is 1. The van der Waals surface area contributed by atoms with Crippen molar-refractivity contribution in [2.75, 3.05) is 7.11 Å². The van der Waals surface area contributed by atoms with Gasteiger partial charge >= 0.3 is 0 Å². The lowest BCUT2D eigenvalue weighted by Crippen LogP contribution is -2.10. The van der Waals surface area contributed by atoms with Gasteiger partial charge in [-0.2, -0.15) is 5.26 Å². The van der Waals surface area contributed by atoms with Gasteiger partial charge in [-0.1, -0.05) is 0 Å². The lowest BCUT2D eigenvalue weighted by Gasteiger charge is -2.06. The highest BCUT2D eigenvalue weighted by molar-refractivity contribution is 5.84.